The van der Waals surface area contributed by atoms with E-state index < -0.39 is 0 Å². The number of benzene rings is 1. The van der Waals surface area contributed by atoms with Gasteiger partial charge < -0.3 is 20.1 Å². The van der Waals surface area contributed by atoms with E-state index >= 15 is 0 Å². The molecule has 1 aromatic carbocycles. The van der Waals surface area contributed by atoms with E-state index in [0.717, 1.165) is 5.56 Å². The van der Waals surface area contributed by atoms with Crippen molar-refractivity contribution in [3.8, 4) is 11.5 Å². The number of ether oxygens (including phenoxy) is 2. The Hall–Kier alpha value is -2.83. The zero-order valence-corrected chi connectivity index (χ0v) is 16.1. The van der Waals surface area contributed by atoms with Gasteiger partial charge in [-0.25, -0.2) is 9.97 Å². The molecule has 0 radical (unpaired) electrons. The van der Waals surface area contributed by atoms with Crippen molar-refractivity contribution in [3.63, 3.8) is 0 Å². The predicted octanol–water partition coefficient (Wildman–Crippen LogP) is 2.94. The molecule has 0 bridgehead atoms. The average molecular weight is 358 g/mol. The maximum atomic E-state index is 12.3. The molecule has 0 aliphatic rings. The summed E-state index contributed by atoms with van der Waals surface area (Å²) >= 11 is 0. The van der Waals surface area contributed by atoms with Gasteiger partial charge in [0, 0.05) is 18.2 Å². The topological polar surface area (TPSA) is 85.4 Å². The first-order valence-electron chi connectivity index (χ1n) is 8.35. The average Bonchev–Trinajstić information content (AvgIpc) is 2.57. The van der Waals surface area contributed by atoms with Gasteiger partial charge in [0.05, 0.1) is 14.2 Å². The summed E-state index contributed by atoms with van der Waals surface area (Å²) in [6.07, 6.45) is 0. The first-order valence-corrected chi connectivity index (χ1v) is 8.35. The van der Waals surface area contributed by atoms with Gasteiger partial charge in [-0.05, 0) is 45.4 Å². The van der Waals surface area contributed by atoms with Crippen molar-refractivity contribution in [2.75, 3.05) is 19.5 Å². The number of carbonyl (C=O) groups is 1. The van der Waals surface area contributed by atoms with Crippen molar-refractivity contribution in [3.05, 3.63) is 41.3 Å². The highest BCUT2D eigenvalue weighted by Crippen LogP contribution is 2.27. The van der Waals surface area contributed by atoms with Crippen LogP contribution < -0.4 is 20.1 Å². The Morgan fingerprint density at radius 2 is 1.77 bits per heavy atom. The Bertz CT molecular complexity index is 785. The molecule has 2 aromatic rings. The third-order valence-corrected chi connectivity index (χ3v) is 3.48. The molecular formula is C19H26N4O3. The van der Waals surface area contributed by atoms with Crippen LogP contribution in [0.1, 0.15) is 42.6 Å². The maximum Gasteiger partial charge on any atom is 0.270 e. The minimum absolute atomic E-state index is 0.225. The molecule has 0 atom stereocenters. The standard InChI is InChI=1S/C19H26N4O3/c1-12-21-14(18(24)23-19(2,3)4)10-17(22-12)20-11-13-7-8-15(25-5)16(9-13)26-6/h7-10H,11H2,1-6H3,(H,23,24)(H,20,21,22). The Kier molecular flexibility index (Phi) is 6.02. The lowest BCUT2D eigenvalue weighted by Gasteiger charge is -2.20. The van der Waals surface area contributed by atoms with Crippen LogP contribution >= 0.6 is 0 Å². The lowest BCUT2D eigenvalue weighted by molar-refractivity contribution is 0.0914. The van der Waals surface area contributed by atoms with Crippen LogP contribution in [-0.2, 0) is 6.54 Å². The summed E-state index contributed by atoms with van der Waals surface area (Å²) in [5, 5.41) is 6.13. The zero-order chi connectivity index (χ0) is 19.3. The minimum Gasteiger partial charge on any atom is -0.493 e. The fraction of sp³-hybridized carbons (Fsp3) is 0.421. The van der Waals surface area contributed by atoms with E-state index in [1.807, 2.05) is 39.0 Å². The van der Waals surface area contributed by atoms with Crippen LogP contribution in [0.4, 0.5) is 5.82 Å². The number of methoxy groups -OCH3 is 2. The van der Waals surface area contributed by atoms with Gasteiger partial charge in [-0.1, -0.05) is 6.07 Å². The lowest BCUT2D eigenvalue weighted by atomic mass is 10.1. The first-order chi connectivity index (χ1) is 12.2. The fourth-order valence-electron chi connectivity index (χ4n) is 2.36. The zero-order valence-electron chi connectivity index (χ0n) is 16.1. The summed E-state index contributed by atoms with van der Waals surface area (Å²) in [5.74, 6) is 2.23. The van der Waals surface area contributed by atoms with E-state index in [9.17, 15) is 4.79 Å². The second kappa shape index (κ2) is 8.03. The fourth-order valence-corrected chi connectivity index (χ4v) is 2.36. The van der Waals surface area contributed by atoms with Gasteiger partial charge in [0.15, 0.2) is 11.5 Å². The van der Waals surface area contributed by atoms with Crippen LogP contribution in [0.3, 0.4) is 0 Å². The molecule has 140 valence electrons. The van der Waals surface area contributed by atoms with Crippen molar-refractivity contribution in [2.24, 2.45) is 0 Å². The van der Waals surface area contributed by atoms with Crippen molar-refractivity contribution >= 4 is 11.7 Å². The lowest BCUT2D eigenvalue weighted by Crippen LogP contribution is -2.41. The molecule has 0 spiro atoms. The van der Waals surface area contributed by atoms with Crippen LogP contribution in [0.5, 0.6) is 11.5 Å². The number of carbonyl (C=O) groups excluding carboxylic acids is 1. The number of nitrogens with zero attached hydrogens (tertiary/aromatic N) is 2. The predicted molar refractivity (Wildman–Crippen MR) is 101 cm³/mol. The second-order valence-electron chi connectivity index (χ2n) is 6.93. The quantitative estimate of drug-likeness (QED) is 0.826. The number of hydrogen-bond donors (Lipinski definition) is 2. The van der Waals surface area contributed by atoms with E-state index in [2.05, 4.69) is 20.6 Å². The molecule has 2 rings (SSSR count). The number of aryl methyl sites for hydroxylation is 1. The molecule has 0 saturated carbocycles. The molecule has 1 aromatic heterocycles. The summed E-state index contributed by atoms with van der Waals surface area (Å²) in [4.78, 5) is 20.9. The van der Waals surface area contributed by atoms with Gasteiger partial charge in [-0.3, -0.25) is 4.79 Å². The molecule has 0 unspecified atom stereocenters. The summed E-state index contributed by atoms with van der Waals surface area (Å²) in [5.41, 5.74) is 1.00. The molecular weight excluding hydrogens is 332 g/mol. The molecule has 7 nitrogen and oxygen atoms in total. The van der Waals surface area contributed by atoms with E-state index in [1.54, 1.807) is 27.2 Å². The number of hydrogen-bond acceptors (Lipinski definition) is 6. The van der Waals surface area contributed by atoms with Crippen LogP contribution in [-0.4, -0.2) is 35.6 Å². The van der Waals surface area contributed by atoms with Crippen LogP contribution in [0, 0.1) is 6.92 Å². The normalized spacial score (nSPS) is 11.0. The second-order valence-corrected chi connectivity index (χ2v) is 6.93. The highest BCUT2D eigenvalue weighted by Gasteiger charge is 2.17. The van der Waals surface area contributed by atoms with Crippen LogP contribution in [0.25, 0.3) is 0 Å². The Morgan fingerprint density at radius 3 is 2.38 bits per heavy atom. The highest BCUT2D eigenvalue weighted by atomic mass is 16.5. The Labute approximate surface area is 154 Å². The first kappa shape index (κ1) is 19.5. The molecule has 1 amide bonds. The smallest absolute Gasteiger partial charge is 0.270 e. The van der Waals surface area contributed by atoms with Gasteiger partial charge in [-0.2, -0.15) is 0 Å². The van der Waals surface area contributed by atoms with Crippen molar-refractivity contribution in [2.45, 2.75) is 39.8 Å². The van der Waals surface area contributed by atoms with Crippen molar-refractivity contribution in [1.82, 2.24) is 15.3 Å². The largest absolute Gasteiger partial charge is 0.493 e. The monoisotopic (exact) mass is 358 g/mol. The van der Waals surface area contributed by atoms with Gasteiger partial charge >= 0.3 is 0 Å². The summed E-state index contributed by atoms with van der Waals surface area (Å²) in [7, 11) is 3.20. The third-order valence-electron chi connectivity index (χ3n) is 3.48. The summed E-state index contributed by atoms with van der Waals surface area (Å²) in [6, 6.07) is 7.33. The van der Waals surface area contributed by atoms with Crippen LogP contribution in [0.15, 0.2) is 24.3 Å². The summed E-state index contributed by atoms with van der Waals surface area (Å²) in [6.45, 7) is 8.06. The number of aromatic nitrogens is 2. The SMILES string of the molecule is COc1ccc(CNc2cc(C(=O)NC(C)(C)C)nc(C)n2)cc1OC. The molecule has 1 heterocycles. The van der Waals surface area contributed by atoms with Crippen LogP contribution in [0.2, 0.25) is 0 Å². The minimum atomic E-state index is -0.330. The molecule has 2 N–H and O–H groups in total. The van der Waals surface area contributed by atoms with Crippen molar-refractivity contribution < 1.29 is 14.3 Å². The van der Waals surface area contributed by atoms with E-state index in [4.69, 9.17) is 9.47 Å². The van der Waals surface area contributed by atoms with E-state index in [-0.39, 0.29) is 11.4 Å². The maximum absolute atomic E-state index is 12.3. The molecule has 0 saturated heterocycles. The number of anilines is 1. The van der Waals surface area contributed by atoms with Gasteiger partial charge in [0.25, 0.3) is 5.91 Å². The number of nitrogens with one attached hydrogen (secondary N) is 2. The number of rotatable bonds is 6. The number of amides is 1. The van der Waals surface area contributed by atoms with E-state index in [1.165, 1.54) is 0 Å². The molecule has 0 aliphatic carbocycles. The van der Waals surface area contributed by atoms with Gasteiger partial charge in [0.1, 0.15) is 17.3 Å². The summed E-state index contributed by atoms with van der Waals surface area (Å²) < 4.78 is 10.6. The molecule has 0 fully saturated rings. The van der Waals surface area contributed by atoms with E-state index in [0.29, 0.717) is 35.4 Å². The Balaban J connectivity index is 2.14. The highest BCUT2D eigenvalue weighted by molar-refractivity contribution is 5.93. The molecule has 7 heteroatoms. The third kappa shape index (κ3) is 5.34. The van der Waals surface area contributed by atoms with Gasteiger partial charge in [-0.15, -0.1) is 0 Å². The molecule has 0 aliphatic heterocycles. The van der Waals surface area contributed by atoms with Crippen molar-refractivity contribution in [1.29, 1.82) is 0 Å². The molecule has 26 heavy (non-hydrogen) atoms. The van der Waals surface area contributed by atoms with Gasteiger partial charge in [0.2, 0.25) is 0 Å². The Morgan fingerprint density at radius 1 is 1.08 bits per heavy atom.